The number of thioether (sulfide) groups is 1. The minimum Gasteiger partial charge on any atom is -0.391 e. The van der Waals surface area contributed by atoms with E-state index in [9.17, 15) is 23.1 Å². The number of alkyl halides is 3. The van der Waals surface area contributed by atoms with Crippen molar-refractivity contribution in [1.82, 2.24) is 0 Å². The van der Waals surface area contributed by atoms with Crippen LogP contribution in [0.15, 0.2) is 29.2 Å². The summed E-state index contributed by atoms with van der Waals surface area (Å²) in [5.41, 5.74) is -4.21. The number of rotatable bonds is 2. The number of aliphatic hydroxyl groups excluding tert-OH is 1. The lowest BCUT2D eigenvalue weighted by atomic mass is 10.3. The van der Waals surface area contributed by atoms with E-state index in [2.05, 4.69) is 0 Å². The van der Waals surface area contributed by atoms with Crippen LogP contribution in [0.25, 0.3) is 0 Å². The number of β-amino-alcohol motifs (C(OH)–C–C–N with tert-alkyl or cyclic N) is 1. The summed E-state index contributed by atoms with van der Waals surface area (Å²) in [5.74, 6) is -0.363. The Morgan fingerprint density at radius 2 is 2.00 bits per heavy atom. The molecule has 0 spiro atoms. The second kappa shape index (κ2) is 4.81. The molecule has 1 fully saturated rings. The first kappa shape index (κ1) is 13.2. The number of carbonyl (C=O) groups is 1. The summed E-state index contributed by atoms with van der Waals surface area (Å²) in [4.78, 5) is 12.7. The number of para-hydroxylation sites is 1. The first-order chi connectivity index (χ1) is 8.37. The van der Waals surface area contributed by atoms with Gasteiger partial charge in [0.1, 0.15) is 0 Å². The SMILES string of the molecule is O=C1CC(O)CN1c1ccccc1SC(F)(F)F. The predicted octanol–water partition coefficient (Wildman–Crippen LogP) is 2.40. The molecule has 1 aromatic carbocycles. The summed E-state index contributed by atoms with van der Waals surface area (Å²) in [6, 6.07) is 5.80. The quantitative estimate of drug-likeness (QED) is 0.844. The molecule has 7 heteroatoms. The molecular weight excluding hydrogens is 267 g/mol. The smallest absolute Gasteiger partial charge is 0.391 e. The molecule has 18 heavy (non-hydrogen) atoms. The lowest BCUT2D eigenvalue weighted by Crippen LogP contribution is -2.26. The predicted molar refractivity (Wildman–Crippen MR) is 61.3 cm³/mol. The van der Waals surface area contributed by atoms with Crippen molar-refractivity contribution in [3.63, 3.8) is 0 Å². The van der Waals surface area contributed by atoms with E-state index in [-0.39, 0.29) is 41.2 Å². The third kappa shape index (κ3) is 2.97. The van der Waals surface area contributed by atoms with Crippen molar-refractivity contribution in [3.05, 3.63) is 24.3 Å². The Morgan fingerprint density at radius 3 is 2.56 bits per heavy atom. The molecule has 2 rings (SSSR count). The van der Waals surface area contributed by atoms with Crippen LogP contribution in [-0.4, -0.2) is 29.2 Å². The van der Waals surface area contributed by atoms with Crippen molar-refractivity contribution in [3.8, 4) is 0 Å². The first-order valence-corrected chi connectivity index (χ1v) is 6.01. The molecule has 0 radical (unpaired) electrons. The van der Waals surface area contributed by atoms with Gasteiger partial charge in [0.15, 0.2) is 0 Å². The van der Waals surface area contributed by atoms with Crippen LogP contribution in [0.4, 0.5) is 18.9 Å². The number of benzene rings is 1. The number of amides is 1. The van der Waals surface area contributed by atoms with Gasteiger partial charge in [-0.05, 0) is 23.9 Å². The van der Waals surface area contributed by atoms with Gasteiger partial charge in [-0.25, -0.2) is 0 Å². The van der Waals surface area contributed by atoms with Crippen molar-refractivity contribution in [2.24, 2.45) is 0 Å². The number of hydrogen-bond donors (Lipinski definition) is 1. The molecule has 0 saturated carbocycles. The number of anilines is 1. The average molecular weight is 277 g/mol. The van der Waals surface area contributed by atoms with Crippen molar-refractivity contribution >= 4 is 23.4 Å². The lowest BCUT2D eigenvalue weighted by Gasteiger charge is -2.19. The van der Waals surface area contributed by atoms with E-state index in [0.29, 0.717) is 0 Å². The van der Waals surface area contributed by atoms with Gasteiger partial charge < -0.3 is 10.0 Å². The fourth-order valence-electron chi connectivity index (χ4n) is 1.81. The van der Waals surface area contributed by atoms with E-state index < -0.39 is 11.6 Å². The van der Waals surface area contributed by atoms with Crippen LogP contribution in [0.5, 0.6) is 0 Å². The van der Waals surface area contributed by atoms with Gasteiger partial charge in [0, 0.05) is 4.90 Å². The van der Waals surface area contributed by atoms with Crippen molar-refractivity contribution in [2.75, 3.05) is 11.4 Å². The Bertz CT molecular complexity index is 464. The van der Waals surface area contributed by atoms with Crippen LogP contribution in [0, 0.1) is 0 Å². The molecule has 0 aromatic heterocycles. The first-order valence-electron chi connectivity index (χ1n) is 5.20. The average Bonchev–Trinajstić information content (AvgIpc) is 2.56. The summed E-state index contributed by atoms with van der Waals surface area (Å²) in [7, 11) is 0. The minimum absolute atomic E-state index is 0.0348. The van der Waals surface area contributed by atoms with E-state index in [1.807, 2.05) is 0 Å². The van der Waals surface area contributed by atoms with Gasteiger partial charge in [0.05, 0.1) is 24.8 Å². The molecule has 1 amide bonds. The maximum absolute atomic E-state index is 12.4. The second-order valence-corrected chi connectivity index (χ2v) is 4.98. The Hall–Kier alpha value is -1.21. The number of hydrogen-bond acceptors (Lipinski definition) is 3. The molecule has 1 aliphatic heterocycles. The van der Waals surface area contributed by atoms with E-state index >= 15 is 0 Å². The summed E-state index contributed by atoms with van der Waals surface area (Å²) >= 11 is -0.258. The molecule has 0 aliphatic carbocycles. The van der Waals surface area contributed by atoms with Crippen molar-refractivity contribution in [1.29, 1.82) is 0 Å². The number of aliphatic hydroxyl groups is 1. The van der Waals surface area contributed by atoms with Gasteiger partial charge >= 0.3 is 5.51 Å². The molecular formula is C11H10F3NO2S. The number of halogens is 3. The third-order valence-corrected chi connectivity index (χ3v) is 3.28. The van der Waals surface area contributed by atoms with Gasteiger partial charge in [0.2, 0.25) is 5.91 Å². The highest BCUT2D eigenvalue weighted by atomic mass is 32.2. The third-order valence-electron chi connectivity index (χ3n) is 2.49. The molecule has 1 heterocycles. The molecule has 1 aliphatic rings. The summed E-state index contributed by atoms with van der Waals surface area (Å²) in [5, 5.41) is 9.36. The van der Waals surface area contributed by atoms with Crippen molar-refractivity contribution in [2.45, 2.75) is 22.9 Å². The van der Waals surface area contributed by atoms with Crippen LogP contribution in [0.3, 0.4) is 0 Å². The Kier molecular flexibility index (Phi) is 3.54. The van der Waals surface area contributed by atoms with Crippen molar-refractivity contribution < 1.29 is 23.1 Å². The fourth-order valence-corrected chi connectivity index (χ4v) is 2.49. The van der Waals surface area contributed by atoms with Gasteiger partial charge in [-0.15, -0.1) is 0 Å². The van der Waals surface area contributed by atoms with Crippen LogP contribution in [-0.2, 0) is 4.79 Å². The number of carbonyl (C=O) groups excluding carboxylic acids is 1. The molecule has 1 aromatic rings. The standard InChI is InChI=1S/C11H10F3NO2S/c12-11(13,14)18-9-4-2-1-3-8(9)15-6-7(16)5-10(15)17/h1-4,7,16H,5-6H2. The highest BCUT2D eigenvalue weighted by molar-refractivity contribution is 8.00. The monoisotopic (exact) mass is 277 g/mol. The fraction of sp³-hybridized carbons (Fsp3) is 0.364. The topological polar surface area (TPSA) is 40.5 Å². The highest BCUT2D eigenvalue weighted by Gasteiger charge is 2.34. The van der Waals surface area contributed by atoms with E-state index in [4.69, 9.17) is 0 Å². The maximum Gasteiger partial charge on any atom is 0.446 e. The zero-order chi connectivity index (χ0) is 13.3. The summed E-state index contributed by atoms with van der Waals surface area (Å²) in [6.07, 6.45) is -0.869. The zero-order valence-corrected chi connectivity index (χ0v) is 9.96. The Morgan fingerprint density at radius 1 is 1.33 bits per heavy atom. The molecule has 1 atom stereocenters. The van der Waals surface area contributed by atoms with Crippen LogP contribution in [0.1, 0.15) is 6.42 Å². The molecule has 1 unspecified atom stereocenters. The van der Waals surface area contributed by atoms with Gasteiger partial charge in [-0.1, -0.05) is 12.1 Å². The van der Waals surface area contributed by atoms with Gasteiger partial charge in [-0.2, -0.15) is 13.2 Å². The highest BCUT2D eigenvalue weighted by Crippen LogP contribution is 2.42. The normalized spacial score (nSPS) is 20.6. The molecule has 0 bridgehead atoms. The van der Waals surface area contributed by atoms with Crippen LogP contribution in [0.2, 0.25) is 0 Å². The van der Waals surface area contributed by atoms with Gasteiger partial charge in [0.25, 0.3) is 0 Å². The minimum atomic E-state index is -4.41. The molecule has 3 nitrogen and oxygen atoms in total. The van der Waals surface area contributed by atoms with Crippen LogP contribution < -0.4 is 4.90 Å². The summed E-state index contributed by atoms with van der Waals surface area (Å²) in [6.45, 7) is 0.0360. The zero-order valence-electron chi connectivity index (χ0n) is 9.15. The molecule has 98 valence electrons. The largest absolute Gasteiger partial charge is 0.446 e. The Labute approximate surface area is 106 Å². The summed E-state index contributed by atoms with van der Waals surface area (Å²) < 4.78 is 37.2. The number of nitrogens with zero attached hydrogens (tertiary/aromatic N) is 1. The van der Waals surface area contributed by atoms with E-state index in [1.54, 1.807) is 6.07 Å². The van der Waals surface area contributed by atoms with E-state index in [0.717, 1.165) is 0 Å². The maximum atomic E-state index is 12.4. The molecule has 1 N–H and O–H groups in total. The molecule has 1 saturated heterocycles. The van der Waals surface area contributed by atoms with Crippen LogP contribution >= 0.6 is 11.8 Å². The van der Waals surface area contributed by atoms with E-state index in [1.165, 1.54) is 23.1 Å². The van der Waals surface area contributed by atoms with Gasteiger partial charge in [-0.3, -0.25) is 4.79 Å². The Balaban J connectivity index is 2.30. The second-order valence-electron chi connectivity index (χ2n) is 3.88. The lowest BCUT2D eigenvalue weighted by molar-refractivity contribution is -0.117.